The van der Waals surface area contributed by atoms with Crippen LogP contribution in [0.3, 0.4) is 0 Å². The van der Waals surface area contributed by atoms with Gasteiger partial charge in [0.2, 0.25) is 0 Å². The van der Waals surface area contributed by atoms with Gasteiger partial charge in [-0.05, 0) is 6.42 Å². The van der Waals surface area contributed by atoms with Crippen LogP contribution in [0, 0.1) is 12.1 Å². The van der Waals surface area contributed by atoms with Crippen molar-refractivity contribution < 1.29 is 19.5 Å². The number of benzene rings is 1. The Morgan fingerprint density at radius 3 is 2.29 bits per heavy atom. The summed E-state index contributed by atoms with van der Waals surface area (Å²) in [5, 5.41) is 0. The zero-order valence-corrected chi connectivity index (χ0v) is 12.4. The molecule has 0 aliphatic heterocycles. The molecule has 2 rings (SSSR count). The molecule has 0 N–H and O–H groups in total. The maximum Gasteiger partial charge on any atom is 2.00 e. The van der Waals surface area contributed by atoms with Gasteiger partial charge in [0, 0.05) is 0 Å². The number of allylic oxidation sites excluding steroid dienone is 4. The van der Waals surface area contributed by atoms with Gasteiger partial charge in [-0.25, -0.2) is 0 Å². The van der Waals surface area contributed by atoms with E-state index in [1.54, 1.807) is 0 Å². The molecule has 0 saturated carbocycles. The molecule has 0 radical (unpaired) electrons. The maximum atomic E-state index is 3.30. The molecule has 0 saturated heterocycles. The van der Waals surface area contributed by atoms with Gasteiger partial charge in [-0.1, -0.05) is 32.8 Å². The molecule has 0 heterocycles. The molecule has 1 heteroatoms. The average Bonchev–Trinajstić information content (AvgIpc) is 2.41. The fourth-order valence-corrected chi connectivity index (χ4v) is 1.50. The van der Waals surface area contributed by atoms with Crippen molar-refractivity contribution >= 4 is 0 Å². The van der Waals surface area contributed by atoms with Crippen LogP contribution < -0.4 is 0 Å². The summed E-state index contributed by atoms with van der Waals surface area (Å²) in [6, 6.07) is 11.2. The molecule has 1 aromatic carbocycles. The molecule has 92 valence electrons. The minimum absolute atomic E-state index is 0. The maximum absolute atomic E-state index is 3.30. The van der Waals surface area contributed by atoms with Crippen molar-refractivity contribution in [3.05, 3.63) is 59.7 Å². The van der Waals surface area contributed by atoms with Crippen molar-refractivity contribution in [3.8, 4) is 0 Å². The summed E-state index contributed by atoms with van der Waals surface area (Å²) >= 11 is 0. The minimum atomic E-state index is 0. The number of hydrogen-bond donors (Lipinski definition) is 0. The molecule has 0 amide bonds. The molecule has 0 bridgehead atoms. The average molecular weight is 313 g/mol. The van der Waals surface area contributed by atoms with Crippen LogP contribution in [0.5, 0.6) is 0 Å². The molecular weight excluding hydrogens is 293 g/mol. The normalized spacial score (nSPS) is 12.9. The number of rotatable bonds is 2. The monoisotopic (exact) mass is 314 g/mol. The second-order valence-corrected chi connectivity index (χ2v) is 3.75. The van der Waals surface area contributed by atoms with E-state index in [0.717, 1.165) is 19.3 Å². The second-order valence-electron chi connectivity index (χ2n) is 3.75. The van der Waals surface area contributed by atoms with Crippen LogP contribution in [-0.2, 0) is 25.9 Å². The van der Waals surface area contributed by atoms with E-state index in [4.69, 9.17) is 0 Å². The molecule has 0 atom stereocenters. The molecule has 0 spiro atoms. The molecule has 0 aromatic heterocycles. The van der Waals surface area contributed by atoms with Gasteiger partial charge in [0.15, 0.2) is 0 Å². The van der Waals surface area contributed by atoms with E-state index in [2.05, 4.69) is 44.2 Å². The Labute approximate surface area is 119 Å². The Morgan fingerprint density at radius 1 is 1.12 bits per heavy atom. The summed E-state index contributed by atoms with van der Waals surface area (Å²) in [4.78, 5) is 0. The van der Waals surface area contributed by atoms with Gasteiger partial charge in [-0.15, -0.1) is 6.08 Å². The van der Waals surface area contributed by atoms with Gasteiger partial charge in [0.1, 0.15) is 0 Å². The van der Waals surface area contributed by atoms with E-state index in [1.807, 2.05) is 18.2 Å². The first-order valence-electron chi connectivity index (χ1n) is 6.06. The molecule has 0 fully saturated rings. The molecular formula is C16H20Ru. The van der Waals surface area contributed by atoms with Crippen molar-refractivity contribution in [3.63, 3.8) is 0 Å². The molecule has 17 heavy (non-hydrogen) atoms. The fraction of sp³-hybridized carbons (Fsp3) is 0.375. The third kappa shape index (κ3) is 7.28. The molecule has 0 unspecified atom stereocenters. The van der Waals surface area contributed by atoms with E-state index in [0.29, 0.717) is 0 Å². The van der Waals surface area contributed by atoms with Crippen molar-refractivity contribution in [2.24, 2.45) is 0 Å². The first kappa shape index (κ1) is 16.3. The van der Waals surface area contributed by atoms with Crippen LogP contribution in [0.15, 0.2) is 42.0 Å². The Balaban J connectivity index is 0.000000284. The summed E-state index contributed by atoms with van der Waals surface area (Å²) in [7, 11) is 0. The van der Waals surface area contributed by atoms with Gasteiger partial charge in [0.05, 0.1) is 0 Å². The van der Waals surface area contributed by atoms with Crippen LogP contribution in [0.2, 0.25) is 0 Å². The summed E-state index contributed by atoms with van der Waals surface area (Å²) < 4.78 is 0. The van der Waals surface area contributed by atoms with E-state index < -0.39 is 0 Å². The van der Waals surface area contributed by atoms with Crippen molar-refractivity contribution in [1.82, 2.24) is 0 Å². The van der Waals surface area contributed by atoms with Crippen LogP contribution in [0.25, 0.3) is 0 Å². The third-order valence-corrected chi connectivity index (χ3v) is 2.58. The predicted octanol–water partition coefficient (Wildman–Crippen LogP) is 4.52. The summed E-state index contributed by atoms with van der Waals surface area (Å²) in [5.74, 6) is 0. The van der Waals surface area contributed by atoms with Gasteiger partial charge < -0.3 is 6.08 Å². The molecule has 1 aliphatic rings. The fourth-order valence-electron chi connectivity index (χ4n) is 1.50. The predicted molar refractivity (Wildman–Crippen MR) is 70.1 cm³/mol. The smallest absolute Gasteiger partial charge is 0.493 e. The van der Waals surface area contributed by atoms with E-state index in [-0.39, 0.29) is 19.5 Å². The Kier molecular flexibility index (Phi) is 10.1. The van der Waals surface area contributed by atoms with E-state index >= 15 is 0 Å². The van der Waals surface area contributed by atoms with Crippen molar-refractivity contribution in [1.29, 1.82) is 0 Å². The van der Waals surface area contributed by atoms with E-state index in [1.165, 1.54) is 17.6 Å². The van der Waals surface area contributed by atoms with Gasteiger partial charge in [-0.3, -0.25) is 5.57 Å². The van der Waals surface area contributed by atoms with Gasteiger partial charge in [-0.2, -0.15) is 42.3 Å². The van der Waals surface area contributed by atoms with Crippen LogP contribution in [0.4, 0.5) is 0 Å². The molecule has 0 nitrogen and oxygen atoms in total. The van der Waals surface area contributed by atoms with Crippen molar-refractivity contribution in [2.45, 2.75) is 39.5 Å². The zero-order chi connectivity index (χ0) is 11.6. The molecule has 1 aliphatic carbocycles. The standard InChI is InChI=1S/C8H11.C8H9.Ru/c2*1-2-8-6-4-3-5-7-8;/h3-4H,2,5-6H2,1H3;3-6H,2H2,1H3;/q2*-1;+2. The topological polar surface area (TPSA) is 0 Å². The largest absolute Gasteiger partial charge is 2.00 e. The Hall–Kier alpha value is -0.677. The zero-order valence-electron chi connectivity index (χ0n) is 10.6. The quantitative estimate of drug-likeness (QED) is 0.428. The second kappa shape index (κ2) is 10.5. The third-order valence-electron chi connectivity index (χ3n) is 2.58. The Bertz CT molecular complexity index is 336. The molecule has 1 aromatic rings. The van der Waals surface area contributed by atoms with Crippen LogP contribution >= 0.6 is 0 Å². The first-order chi connectivity index (χ1) is 7.86. The van der Waals surface area contributed by atoms with Crippen LogP contribution in [0.1, 0.15) is 38.7 Å². The van der Waals surface area contributed by atoms with Crippen LogP contribution in [-0.4, -0.2) is 0 Å². The first-order valence-corrected chi connectivity index (χ1v) is 6.06. The van der Waals surface area contributed by atoms with Gasteiger partial charge >= 0.3 is 19.5 Å². The van der Waals surface area contributed by atoms with Crippen molar-refractivity contribution in [2.75, 3.05) is 0 Å². The summed E-state index contributed by atoms with van der Waals surface area (Å²) in [6.07, 6.45) is 12.1. The SMILES string of the molecule is CCC1=[C-]CC=CC1.CCc1[c-]cccc1.[Ru+2]. The number of hydrogen-bond acceptors (Lipinski definition) is 0. The summed E-state index contributed by atoms with van der Waals surface area (Å²) in [5.41, 5.74) is 2.75. The Morgan fingerprint density at radius 2 is 1.94 bits per heavy atom. The minimum Gasteiger partial charge on any atom is -0.493 e. The van der Waals surface area contributed by atoms with E-state index in [9.17, 15) is 0 Å². The number of aryl methyl sites for hydroxylation is 1. The van der Waals surface area contributed by atoms with Gasteiger partial charge in [0.25, 0.3) is 0 Å². The summed E-state index contributed by atoms with van der Waals surface area (Å²) in [6.45, 7) is 4.31.